The minimum Gasteiger partial charge on any atom is -0.496 e. The Morgan fingerprint density at radius 1 is 1.21 bits per heavy atom. The molecule has 1 N–H and O–H groups in total. The van der Waals surface area contributed by atoms with E-state index >= 15 is 0 Å². The monoisotopic (exact) mass is 450 g/mol. The second kappa shape index (κ2) is 9.60. The van der Waals surface area contributed by atoms with Gasteiger partial charge in [-0.15, -0.1) is 0 Å². The van der Waals surface area contributed by atoms with E-state index in [1.165, 1.54) is 0 Å². The summed E-state index contributed by atoms with van der Waals surface area (Å²) < 4.78 is 7.09. The number of piperidine rings is 1. The van der Waals surface area contributed by atoms with Gasteiger partial charge in [-0.2, -0.15) is 0 Å². The molecule has 0 spiro atoms. The van der Waals surface area contributed by atoms with Crippen LogP contribution in [-0.2, 0) is 18.3 Å². The van der Waals surface area contributed by atoms with Crippen molar-refractivity contribution in [1.29, 1.82) is 0 Å². The zero-order valence-electron chi connectivity index (χ0n) is 19.4. The molecule has 8 heteroatoms. The van der Waals surface area contributed by atoms with Crippen molar-refractivity contribution in [2.24, 2.45) is 13.0 Å². The van der Waals surface area contributed by atoms with Gasteiger partial charge in [0.1, 0.15) is 17.2 Å². The van der Waals surface area contributed by atoms with E-state index in [4.69, 9.17) is 4.74 Å². The molecule has 0 aliphatic carbocycles. The molecule has 0 bridgehead atoms. The molecule has 0 radical (unpaired) electrons. The number of aromatic amines is 1. The molecule has 0 saturated carbocycles. The van der Waals surface area contributed by atoms with Crippen LogP contribution in [0.15, 0.2) is 35.3 Å². The van der Waals surface area contributed by atoms with Gasteiger partial charge in [0.15, 0.2) is 5.78 Å². The number of hydrogen-bond donors (Lipinski definition) is 1. The Balaban J connectivity index is 1.27. The second-order valence-electron chi connectivity index (χ2n) is 8.73. The van der Waals surface area contributed by atoms with Crippen LogP contribution < -0.4 is 10.3 Å². The molecule has 1 aliphatic heterocycles. The predicted octanol–water partition coefficient (Wildman–Crippen LogP) is 3.02. The van der Waals surface area contributed by atoms with E-state index in [9.17, 15) is 14.4 Å². The zero-order chi connectivity index (χ0) is 23.5. The van der Waals surface area contributed by atoms with Crippen molar-refractivity contribution in [3.63, 3.8) is 0 Å². The zero-order valence-corrected chi connectivity index (χ0v) is 19.4. The first-order chi connectivity index (χ1) is 15.9. The highest BCUT2D eigenvalue weighted by Gasteiger charge is 2.28. The summed E-state index contributed by atoms with van der Waals surface area (Å²) in [5.41, 5.74) is 2.15. The van der Waals surface area contributed by atoms with Crippen molar-refractivity contribution in [3.05, 3.63) is 57.8 Å². The van der Waals surface area contributed by atoms with E-state index < -0.39 is 0 Å². The molecule has 0 unspecified atom stereocenters. The molecule has 174 valence electrons. The molecule has 1 aliphatic rings. The lowest BCUT2D eigenvalue weighted by Gasteiger charge is -2.31. The number of aromatic nitrogens is 3. The normalized spacial score (nSPS) is 14.6. The predicted molar refractivity (Wildman–Crippen MR) is 126 cm³/mol. The minimum atomic E-state index is -0.152. The average molecular weight is 451 g/mol. The number of Topliss-reactive ketones (excluding diaryl/α,β-unsaturated/α-hetero) is 1. The summed E-state index contributed by atoms with van der Waals surface area (Å²) in [7, 11) is 3.47. The second-order valence-corrected chi connectivity index (χ2v) is 8.73. The van der Waals surface area contributed by atoms with Gasteiger partial charge < -0.3 is 19.2 Å². The maximum absolute atomic E-state index is 12.9. The number of H-pyrrole nitrogens is 1. The van der Waals surface area contributed by atoms with Crippen molar-refractivity contribution in [2.45, 2.75) is 39.0 Å². The minimum absolute atomic E-state index is 0.0619. The lowest BCUT2D eigenvalue weighted by molar-refractivity contribution is -0.132. The highest BCUT2D eigenvalue weighted by atomic mass is 16.5. The quantitative estimate of drug-likeness (QED) is 0.558. The largest absolute Gasteiger partial charge is 0.496 e. The molecule has 3 aromatic rings. The molecule has 33 heavy (non-hydrogen) atoms. The average Bonchev–Trinajstić information content (AvgIpc) is 3.19. The van der Waals surface area contributed by atoms with Gasteiger partial charge in [-0.05, 0) is 56.0 Å². The molecule has 8 nitrogen and oxygen atoms in total. The van der Waals surface area contributed by atoms with Crippen LogP contribution in [0.4, 0.5) is 0 Å². The van der Waals surface area contributed by atoms with Gasteiger partial charge in [-0.25, -0.2) is 4.98 Å². The maximum Gasteiger partial charge on any atom is 0.260 e. The van der Waals surface area contributed by atoms with E-state index in [1.54, 1.807) is 13.2 Å². The number of benzene rings is 1. The van der Waals surface area contributed by atoms with Crippen molar-refractivity contribution in [1.82, 2.24) is 19.4 Å². The molecule has 3 heterocycles. The van der Waals surface area contributed by atoms with Gasteiger partial charge in [-0.1, -0.05) is 0 Å². The van der Waals surface area contributed by atoms with Crippen molar-refractivity contribution >= 4 is 22.7 Å². The first-order valence-electron chi connectivity index (χ1n) is 11.4. The Morgan fingerprint density at radius 3 is 2.67 bits per heavy atom. The number of ketones is 1. The van der Waals surface area contributed by atoms with E-state index in [0.29, 0.717) is 67.6 Å². The lowest BCUT2D eigenvalue weighted by Crippen LogP contribution is -2.40. The number of nitrogens with zero attached hydrogens (tertiary/aromatic N) is 3. The van der Waals surface area contributed by atoms with Gasteiger partial charge in [0, 0.05) is 50.7 Å². The molecule has 1 fully saturated rings. The molecular formula is C25H30N4O4. The van der Waals surface area contributed by atoms with Crippen LogP contribution in [0.25, 0.3) is 11.0 Å². The number of nitrogens with one attached hydrogen (secondary N) is 1. The number of fused-ring (bicyclic) bond motifs is 1. The summed E-state index contributed by atoms with van der Waals surface area (Å²) >= 11 is 0. The summed E-state index contributed by atoms with van der Waals surface area (Å²) in [5, 5.41) is 0.569. The third-order valence-electron chi connectivity index (χ3n) is 6.49. The summed E-state index contributed by atoms with van der Waals surface area (Å²) in [6.07, 6.45) is 4.70. The van der Waals surface area contributed by atoms with Crippen molar-refractivity contribution < 1.29 is 14.3 Å². The number of carbonyl (C=O) groups excluding carboxylic acids is 2. The Morgan fingerprint density at radius 2 is 1.97 bits per heavy atom. The molecule has 2 aromatic heterocycles. The number of ether oxygens (including phenoxy) is 1. The highest BCUT2D eigenvalue weighted by molar-refractivity contribution is 5.98. The van der Waals surface area contributed by atoms with Crippen molar-refractivity contribution in [2.75, 3.05) is 20.2 Å². The van der Waals surface area contributed by atoms with Crippen LogP contribution in [0, 0.1) is 12.8 Å². The van der Waals surface area contributed by atoms with Gasteiger partial charge in [0.05, 0.1) is 12.5 Å². The fourth-order valence-corrected chi connectivity index (χ4v) is 4.53. The maximum atomic E-state index is 12.9. The summed E-state index contributed by atoms with van der Waals surface area (Å²) in [6.45, 7) is 3.11. The molecule has 4 rings (SSSR count). The topological polar surface area (TPSA) is 97.3 Å². The Bertz CT molecular complexity index is 1230. The van der Waals surface area contributed by atoms with Crippen LogP contribution in [0.3, 0.4) is 0 Å². The standard InChI is InChI=1S/C25H30N4O4/c1-16-15-18(7-8-20(16)33-3)23(31)17-9-13-29(14-10-17)22(30)6-4-5-21-26-24-19(25(32)27-21)11-12-28(24)2/h7-8,11-12,15,17H,4-6,9-10,13-14H2,1-3H3,(H,26,27,32). The van der Waals surface area contributed by atoms with Crippen LogP contribution >= 0.6 is 0 Å². The number of likely N-dealkylation sites (tertiary alicyclic amines) is 1. The fourth-order valence-electron chi connectivity index (χ4n) is 4.53. The van der Waals surface area contributed by atoms with Crippen LogP contribution in [0.2, 0.25) is 0 Å². The number of carbonyl (C=O) groups is 2. The molecule has 0 atom stereocenters. The Kier molecular flexibility index (Phi) is 6.62. The SMILES string of the molecule is COc1ccc(C(=O)C2CCN(C(=O)CCCc3nc4c(ccn4C)c(=O)[nH]3)CC2)cc1C. The third-order valence-corrected chi connectivity index (χ3v) is 6.49. The van der Waals surface area contributed by atoms with Gasteiger partial charge in [0.25, 0.3) is 5.56 Å². The van der Waals surface area contributed by atoms with Crippen LogP contribution in [0.5, 0.6) is 5.75 Å². The Hall–Kier alpha value is -3.42. The van der Waals surface area contributed by atoms with E-state index in [1.807, 2.05) is 47.8 Å². The summed E-state index contributed by atoms with van der Waals surface area (Å²) in [5.74, 6) is 1.53. The smallest absolute Gasteiger partial charge is 0.260 e. The molecular weight excluding hydrogens is 420 g/mol. The van der Waals surface area contributed by atoms with E-state index in [0.717, 1.165) is 11.3 Å². The highest BCUT2D eigenvalue weighted by Crippen LogP contribution is 2.25. The number of rotatable bonds is 7. The number of aryl methyl sites for hydroxylation is 3. The van der Waals surface area contributed by atoms with Crippen LogP contribution in [0.1, 0.15) is 47.4 Å². The number of hydrogen-bond acceptors (Lipinski definition) is 5. The number of amides is 1. The fraction of sp³-hybridized carbons (Fsp3) is 0.440. The van der Waals surface area contributed by atoms with Gasteiger partial charge in [0.2, 0.25) is 5.91 Å². The van der Waals surface area contributed by atoms with E-state index in [2.05, 4.69) is 9.97 Å². The molecule has 1 aromatic carbocycles. The summed E-state index contributed by atoms with van der Waals surface area (Å²) in [4.78, 5) is 46.9. The van der Waals surface area contributed by atoms with Gasteiger partial charge >= 0.3 is 0 Å². The van der Waals surface area contributed by atoms with E-state index in [-0.39, 0.29) is 23.2 Å². The lowest BCUT2D eigenvalue weighted by atomic mass is 9.88. The van der Waals surface area contributed by atoms with Crippen LogP contribution in [-0.4, -0.2) is 51.3 Å². The molecule has 1 amide bonds. The first-order valence-corrected chi connectivity index (χ1v) is 11.4. The number of methoxy groups -OCH3 is 1. The summed E-state index contributed by atoms with van der Waals surface area (Å²) in [6, 6.07) is 7.28. The molecule has 1 saturated heterocycles. The van der Waals surface area contributed by atoms with Gasteiger partial charge in [-0.3, -0.25) is 14.4 Å². The Labute approximate surface area is 192 Å². The van der Waals surface area contributed by atoms with Crippen molar-refractivity contribution in [3.8, 4) is 5.75 Å². The first kappa shape index (κ1) is 22.8. The third kappa shape index (κ3) is 4.84.